The van der Waals surface area contributed by atoms with Gasteiger partial charge in [0.15, 0.2) is 5.82 Å². The molecular formula is C21H20N4OS. The van der Waals surface area contributed by atoms with Crippen molar-refractivity contribution in [2.45, 2.75) is 20.3 Å². The van der Waals surface area contributed by atoms with Gasteiger partial charge in [0.2, 0.25) is 0 Å². The van der Waals surface area contributed by atoms with Crippen LogP contribution in [-0.2, 0) is 6.42 Å². The number of thiazole rings is 1. The van der Waals surface area contributed by atoms with Crippen LogP contribution in [0.1, 0.15) is 21.7 Å². The van der Waals surface area contributed by atoms with Crippen LogP contribution in [-0.4, -0.2) is 22.1 Å². The Kier molecular flexibility index (Phi) is 4.73. The van der Waals surface area contributed by atoms with Gasteiger partial charge >= 0.3 is 0 Å². The number of aromatic nitrogens is 3. The largest absolute Gasteiger partial charge is 0.495 e. The van der Waals surface area contributed by atoms with E-state index in [2.05, 4.69) is 47.3 Å². The molecule has 5 nitrogen and oxygen atoms in total. The van der Waals surface area contributed by atoms with Crippen molar-refractivity contribution in [2.75, 3.05) is 12.4 Å². The second-order valence-electron chi connectivity index (χ2n) is 6.41. The van der Waals surface area contributed by atoms with Gasteiger partial charge in [-0.15, -0.1) is 0 Å². The first kappa shape index (κ1) is 17.4. The van der Waals surface area contributed by atoms with E-state index in [1.165, 1.54) is 16.7 Å². The van der Waals surface area contributed by atoms with Crippen LogP contribution in [0.15, 0.2) is 48.8 Å². The Hall–Kier alpha value is -2.99. The average Bonchev–Trinajstić information content (AvgIpc) is 3.09. The second-order valence-corrected chi connectivity index (χ2v) is 7.47. The summed E-state index contributed by atoms with van der Waals surface area (Å²) >= 11 is 1.60. The Balaban J connectivity index is 1.70. The number of anilines is 2. The quantitative estimate of drug-likeness (QED) is 0.528. The molecule has 0 spiro atoms. The topological polar surface area (TPSA) is 59.9 Å². The summed E-state index contributed by atoms with van der Waals surface area (Å²) < 4.78 is 5.53. The molecule has 0 saturated heterocycles. The first-order valence-electron chi connectivity index (χ1n) is 8.70. The summed E-state index contributed by atoms with van der Waals surface area (Å²) in [5, 5.41) is 4.40. The van der Waals surface area contributed by atoms with Gasteiger partial charge in [0.1, 0.15) is 22.4 Å². The van der Waals surface area contributed by atoms with Crippen molar-refractivity contribution in [3.63, 3.8) is 0 Å². The Labute approximate surface area is 162 Å². The van der Waals surface area contributed by atoms with E-state index in [9.17, 15) is 0 Å². The summed E-state index contributed by atoms with van der Waals surface area (Å²) in [6.07, 6.45) is 2.36. The predicted octanol–water partition coefficient (Wildman–Crippen LogP) is 5.05. The highest BCUT2D eigenvalue weighted by atomic mass is 32.1. The molecule has 1 N–H and O–H groups in total. The summed E-state index contributed by atoms with van der Waals surface area (Å²) in [6, 6.07) is 14.4. The zero-order valence-electron chi connectivity index (χ0n) is 15.5. The lowest BCUT2D eigenvalue weighted by Crippen LogP contribution is -1.99. The lowest BCUT2D eigenvalue weighted by atomic mass is 10.1. The van der Waals surface area contributed by atoms with Crippen molar-refractivity contribution in [1.82, 2.24) is 15.0 Å². The lowest BCUT2D eigenvalue weighted by Gasteiger charge is -2.13. The Bertz CT molecular complexity index is 1090. The van der Waals surface area contributed by atoms with Gasteiger partial charge in [-0.25, -0.2) is 15.0 Å². The average molecular weight is 376 g/mol. The number of hydrogen-bond acceptors (Lipinski definition) is 6. The number of rotatable bonds is 5. The van der Waals surface area contributed by atoms with E-state index in [1.807, 2.05) is 24.3 Å². The Morgan fingerprint density at radius 2 is 1.81 bits per heavy atom. The van der Waals surface area contributed by atoms with Crippen molar-refractivity contribution in [2.24, 2.45) is 0 Å². The highest BCUT2D eigenvalue weighted by Crippen LogP contribution is 2.33. The molecule has 0 aliphatic carbocycles. The van der Waals surface area contributed by atoms with Crippen LogP contribution in [0, 0.1) is 13.8 Å². The number of fused-ring (bicyclic) bond motifs is 1. The fourth-order valence-corrected chi connectivity index (χ4v) is 3.86. The van der Waals surface area contributed by atoms with E-state index in [-0.39, 0.29) is 0 Å². The van der Waals surface area contributed by atoms with Crippen LogP contribution in [0.3, 0.4) is 0 Å². The molecule has 0 radical (unpaired) electrons. The van der Waals surface area contributed by atoms with Gasteiger partial charge in [-0.2, -0.15) is 0 Å². The highest BCUT2D eigenvalue weighted by molar-refractivity contribution is 7.18. The smallest absolute Gasteiger partial charge is 0.161 e. The van der Waals surface area contributed by atoms with Crippen LogP contribution in [0.25, 0.3) is 10.3 Å². The lowest BCUT2D eigenvalue weighted by molar-refractivity contribution is 0.416. The molecule has 4 aromatic rings. The van der Waals surface area contributed by atoms with E-state index in [0.717, 1.165) is 33.2 Å². The van der Waals surface area contributed by atoms with E-state index < -0.39 is 0 Å². The molecule has 0 aliphatic heterocycles. The first-order chi connectivity index (χ1) is 13.1. The van der Waals surface area contributed by atoms with Gasteiger partial charge < -0.3 is 10.1 Å². The summed E-state index contributed by atoms with van der Waals surface area (Å²) in [5.74, 6) is 1.47. The monoisotopic (exact) mass is 376 g/mol. The summed E-state index contributed by atoms with van der Waals surface area (Å²) in [6.45, 7) is 4.15. The molecule has 0 bridgehead atoms. The number of nitrogens with zero attached hydrogens (tertiary/aromatic N) is 3. The molecule has 0 aliphatic rings. The Morgan fingerprint density at radius 1 is 1.04 bits per heavy atom. The molecular weight excluding hydrogens is 356 g/mol. The van der Waals surface area contributed by atoms with Crippen LogP contribution >= 0.6 is 11.3 Å². The number of benzene rings is 2. The normalized spacial score (nSPS) is 10.9. The van der Waals surface area contributed by atoms with Gasteiger partial charge in [0.25, 0.3) is 0 Å². The van der Waals surface area contributed by atoms with Crippen LogP contribution in [0.5, 0.6) is 5.75 Å². The summed E-state index contributed by atoms with van der Waals surface area (Å²) in [4.78, 5) is 14.5. The fraction of sp³-hybridized carbons (Fsp3) is 0.190. The third-order valence-corrected chi connectivity index (χ3v) is 5.47. The van der Waals surface area contributed by atoms with Crippen molar-refractivity contribution < 1.29 is 4.74 Å². The predicted molar refractivity (Wildman–Crippen MR) is 110 cm³/mol. The minimum Gasteiger partial charge on any atom is -0.495 e. The number of ether oxygens (including phenoxy) is 1. The standard InChI is InChI=1S/C21H20N4OS/c1-13-9-16(17(26-3)10-14(13)2)24-20-19-21(23-12-22-20)27-18(25-19)11-15-7-5-4-6-8-15/h4-10,12H,11H2,1-3H3,(H,22,23,24). The van der Waals surface area contributed by atoms with Crippen molar-refractivity contribution >= 4 is 33.2 Å². The molecule has 0 unspecified atom stereocenters. The molecule has 136 valence electrons. The van der Waals surface area contributed by atoms with Gasteiger partial charge in [0, 0.05) is 6.42 Å². The second kappa shape index (κ2) is 7.32. The van der Waals surface area contributed by atoms with Gasteiger partial charge in [-0.05, 0) is 42.7 Å². The Morgan fingerprint density at radius 3 is 2.59 bits per heavy atom. The maximum atomic E-state index is 5.53. The summed E-state index contributed by atoms with van der Waals surface area (Å²) in [7, 11) is 1.67. The SMILES string of the molecule is COc1cc(C)c(C)cc1Nc1ncnc2sc(Cc3ccccc3)nc12. The molecule has 6 heteroatoms. The first-order valence-corrected chi connectivity index (χ1v) is 9.52. The fourth-order valence-electron chi connectivity index (χ4n) is 2.92. The molecule has 4 rings (SSSR count). The molecule has 0 amide bonds. The molecule has 2 heterocycles. The number of aryl methyl sites for hydroxylation is 2. The van der Waals surface area contributed by atoms with Crippen LogP contribution in [0.2, 0.25) is 0 Å². The third-order valence-electron chi connectivity index (χ3n) is 4.51. The molecule has 0 saturated carbocycles. The maximum absolute atomic E-state index is 5.53. The van der Waals surface area contributed by atoms with Gasteiger partial charge in [0.05, 0.1) is 17.8 Å². The molecule has 0 fully saturated rings. The zero-order valence-corrected chi connectivity index (χ0v) is 16.3. The highest BCUT2D eigenvalue weighted by Gasteiger charge is 2.14. The maximum Gasteiger partial charge on any atom is 0.161 e. The molecule has 2 aromatic carbocycles. The van der Waals surface area contributed by atoms with Gasteiger partial charge in [-0.3, -0.25) is 0 Å². The minimum atomic E-state index is 0.692. The number of methoxy groups -OCH3 is 1. The van der Waals surface area contributed by atoms with Crippen molar-refractivity contribution in [3.05, 3.63) is 70.5 Å². The van der Waals surface area contributed by atoms with E-state index >= 15 is 0 Å². The van der Waals surface area contributed by atoms with E-state index in [1.54, 1.807) is 24.8 Å². The van der Waals surface area contributed by atoms with Crippen LogP contribution < -0.4 is 10.1 Å². The van der Waals surface area contributed by atoms with E-state index in [4.69, 9.17) is 9.72 Å². The van der Waals surface area contributed by atoms with Crippen molar-refractivity contribution in [3.8, 4) is 5.75 Å². The third kappa shape index (κ3) is 3.61. The van der Waals surface area contributed by atoms with Gasteiger partial charge in [-0.1, -0.05) is 41.7 Å². The number of hydrogen-bond donors (Lipinski definition) is 1. The van der Waals surface area contributed by atoms with Crippen molar-refractivity contribution in [1.29, 1.82) is 0 Å². The molecule has 2 aromatic heterocycles. The zero-order chi connectivity index (χ0) is 18.8. The van der Waals surface area contributed by atoms with E-state index in [0.29, 0.717) is 5.82 Å². The summed E-state index contributed by atoms with van der Waals surface area (Å²) in [5.41, 5.74) is 5.26. The minimum absolute atomic E-state index is 0.692. The molecule has 0 atom stereocenters. The van der Waals surface area contributed by atoms with Crippen LogP contribution in [0.4, 0.5) is 11.5 Å². The molecule has 27 heavy (non-hydrogen) atoms. The number of nitrogens with one attached hydrogen (secondary N) is 1.